The molecule has 9 heteroatoms. The van der Waals surface area contributed by atoms with Crippen molar-refractivity contribution in [3.63, 3.8) is 0 Å². The fourth-order valence-corrected chi connectivity index (χ4v) is 9.01. The predicted molar refractivity (Wildman–Crippen MR) is 116 cm³/mol. The molecule has 0 spiro atoms. The van der Waals surface area contributed by atoms with Crippen LogP contribution in [0.5, 0.6) is 5.75 Å². The molecule has 1 aliphatic rings. The number of benzene rings is 1. The average molecular weight is 447 g/mol. The SMILES string of the molecule is CCN(CC)C(C)(C)CN[C@H]1CS(=O)(=O)C[C@@H]1S(=O)(=O)c1cc(C)ccc1OC. The number of aryl methyl sites for hydroxylation is 1. The summed E-state index contributed by atoms with van der Waals surface area (Å²) in [6.45, 7) is 12.3. The number of ether oxygens (including phenoxy) is 1. The van der Waals surface area contributed by atoms with Gasteiger partial charge < -0.3 is 10.1 Å². The van der Waals surface area contributed by atoms with Crippen molar-refractivity contribution < 1.29 is 21.6 Å². The van der Waals surface area contributed by atoms with Gasteiger partial charge in [-0.1, -0.05) is 19.9 Å². The van der Waals surface area contributed by atoms with E-state index in [9.17, 15) is 16.8 Å². The van der Waals surface area contributed by atoms with E-state index in [1.165, 1.54) is 7.11 Å². The molecule has 1 saturated heterocycles. The Bertz CT molecular complexity index is 922. The van der Waals surface area contributed by atoms with Crippen LogP contribution in [0.3, 0.4) is 0 Å². The van der Waals surface area contributed by atoms with E-state index in [-0.39, 0.29) is 27.7 Å². The zero-order valence-electron chi connectivity index (χ0n) is 18.2. The number of nitrogens with zero attached hydrogens (tertiary/aromatic N) is 1. The van der Waals surface area contributed by atoms with Gasteiger partial charge in [-0.25, -0.2) is 16.8 Å². The largest absolute Gasteiger partial charge is 0.495 e. The molecule has 1 heterocycles. The monoisotopic (exact) mass is 446 g/mol. The lowest BCUT2D eigenvalue weighted by Gasteiger charge is -2.38. The summed E-state index contributed by atoms with van der Waals surface area (Å²) in [6.07, 6.45) is 0. The lowest BCUT2D eigenvalue weighted by molar-refractivity contribution is 0.130. The summed E-state index contributed by atoms with van der Waals surface area (Å²) in [5.41, 5.74) is 0.544. The van der Waals surface area contributed by atoms with Gasteiger partial charge >= 0.3 is 0 Å². The zero-order chi connectivity index (χ0) is 22.0. The Morgan fingerprint density at radius 2 is 1.83 bits per heavy atom. The maximum Gasteiger partial charge on any atom is 0.187 e. The van der Waals surface area contributed by atoms with Crippen molar-refractivity contribution in [1.82, 2.24) is 10.2 Å². The highest BCUT2D eigenvalue weighted by Crippen LogP contribution is 2.32. The van der Waals surface area contributed by atoms with Crippen LogP contribution in [0.2, 0.25) is 0 Å². The quantitative estimate of drug-likeness (QED) is 0.616. The Kier molecular flexibility index (Phi) is 7.41. The van der Waals surface area contributed by atoms with Gasteiger partial charge in [0.05, 0.1) is 23.9 Å². The highest BCUT2D eigenvalue weighted by molar-refractivity contribution is 7.96. The van der Waals surface area contributed by atoms with Gasteiger partial charge in [-0.15, -0.1) is 0 Å². The number of nitrogens with one attached hydrogen (secondary N) is 1. The van der Waals surface area contributed by atoms with Crippen LogP contribution in [-0.2, 0) is 19.7 Å². The molecule has 0 amide bonds. The van der Waals surface area contributed by atoms with E-state index in [2.05, 4.69) is 37.9 Å². The molecule has 0 bridgehead atoms. The van der Waals surface area contributed by atoms with Crippen LogP contribution in [0.1, 0.15) is 33.3 Å². The van der Waals surface area contributed by atoms with E-state index in [0.29, 0.717) is 6.54 Å². The summed E-state index contributed by atoms with van der Waals surface area (Å²) >= 11 is 0. The summed E-state index contributed by atoms with van der Waals surface area (Å²) in [5.74, 6) is -0.322. The second-order valence-corrected chi connectivity index (χ2v) is 12.6. The van der Waals surface area contributed by atoms with Gasteiger partial charge in [-0.3, -0.25) is 4.90 Å². The van der Waals surface area contributed by atoms with Crippen molar-refractivity contribution in [2.24, 2.45) is 0 Å². The number of likely N-dealkylation sites (N-methyl/N-ethyl adjacent to an activating group) is 1. The number of methoxy groups -OCH3 is 1. The molecule has 1 aromatic carbocycles. The minimum absolute atomic E-state index is 0.0527. The van der Waals surface area contributed by atoms with Crippen molar-refractivity contribution in [3.8, 4) is 5.75 Å². The van der Waals surface area contributed by atoms with Gasteiger partial charge in [0.2, 0.25) is 0 Å². The van der Waals surface area contributed by atoms with Crippen molar-refractivity contribution >= 4 is 19.7 Å². The summed E-state index contributed by atoms with van der Waals surface area (Å²) in [5, 5.41) is 2.22. The van der Waals surface area contributed by atoms with Gasteiger partial charge in [0.15, 0.2) is 19.7 Å². The van der Waals surface area contributed by atoms with Gasteiger partial charge in [0.25, 0.3) is 0 Å². The van der Waals surface area contributed by atoms with Gasteiger partial charge in [-0.05, 0) is 51.6 Å². The molecule has 0 aromatic heterocycles. The topological polar surface area (TPSA) is 92.8 Å². The highest BCUT2D eigenvalue weighted by atomic mass is 32.2. The molecule has 7 nitrogen and oxygen atoms in total. The Balaban J connectivity index is 2.36. The second kappa shape index (κ2) is 8.91. The first-order chi connectivity index (χ1) is 13.4. The first-order valence-electron chi connectivity index (χ1n) is 9.95. The molecular weight excluding hydrogens is 412 g/mol. The van der Waals surface area contributed by atoms with E-state index in [4.69, 9.17) is 4.74 Å². The molecule has 0 radical (unpaired) electrons. The lowest BCUT2D eigenvalue weighted by Crippen LogP contribution is -2.54. The molecule has 1 aliphatic heterocycles. The maximum atomic E-state index is 13.4. The first kappa shape index (κ1) is 24.1. The molecule has 1 N–H and O–H groups in total. The van der Waals surface area contributed by atoms with E-state index in [1.54, 1.807) is 25.1 Å². The third-order valence-electron chi connectivity index (χ3n) is 5.74. The predicted octanol–water partition coefficient (Wildman–Crippen LogP) is 1.65. The van der Waals surface area contributed by atoms with Gasteiger partial charge in [-0.2, -0.15) is 0 Å². The molecule has 2 rings (SSSR count). The summed E-state index contributed by atoms with van der Waals surface area (Å²) in [4.78, 5) is 2.31. The summed E-state index contributed by atoms with van der Waals surface area (Å²) in [6, 6.07) is 4.27. The molecule has 0 saturated carbocycles. The molecule has 2 atom stereocenters. The first-order valence-corrected chi connectivity index (χ1v) is 13.3. The highest BCUT2D eigenvalue weighted by Gasteiger charge is 2.47. The number of hydrogen-bond donors (Lipinski definition) is 1. The third-order valence-corrected chi connectivity index (χ3v) is 9.91. The molecule has 29 heavy (non-hydrogen) atoms. The zero-order valence-corrected chi connectivity index (χ0v) is 19.9. The van der Waals surface area contributed by atoms with E-state index >= 15 is 0 Å². The molecule has 1 aromatic rings. The Labute approximate surface area is 175 Å². The van der Waals surface area contributed by atoms with Gasteiger partial charge in [0.1, 0.15) is 10.6 Å². The minimum Gasteiger partial charge on any atom is -0.495 e. The van der Waals surface area contributed by atoms with Crippen molar-refractivity contribution in [2.45, 2.75) is 56.3 Å². The smallest absolute Gasteiger partial charge is 0.187 e. The number of rotatable bonds is 9. The minimum atomic E-state index is -3.90. The van der Waals surface area contributed by atoms with E-state index in [0.717, 1.165) is 18.7 Å². The van der Waals surface area contributed by atoms with Crippen LogP contribution < -0.4 is 10.1 Å². The van der Waals surface area contributed by atoms with Crippen molar-refractivity contribution in [3.05, 3.63) is 23.8 Å². The number of sulfone groups is 2. The summed E-state index contributed by atoms with van der Waals surface area (Å²) in [7, 11) is -5.95. The van der Waals surface area contributed by atoms with Gasteiger partial charge in [0, 0.05) is 18.1 Å². The normalized spacial score (nSPS) is 22.2. The van der Waals surface area contributed by atoms with Crippen LogP contribution in [-0.4, -0.2) is 76.8 Å². The van der Waals surface area contributed by atoms with Crippen molar-refractivity contribution in [2.75, 3.05) is 38.2 Å². The van der Waals surface area contributed by atoms with Crippen LogP contribution in [0.4, 0.5) is 0 Å². The maximum absolute atomic E-state index is 13.4. The molecule has 0 unspecified atom stereocenters. The van der Waals surface area contributed by atoms with Crippen LogP contribution in [0, 0.1) is 6.92 Å². The fraction of sp³-hybridized carbons (Fsp3) is 0.700. The Morgan fingerprint density at radius 3 is 2.38 bits per heavy atom. The average Bonchev–Trinajstić information content (AvgIpc) is 2.96. The standard InChI is InChI=1S/C20H34N2O5S2/c1-7-22(8-2)20(4,5)14-21-16-12-28(23,24)13-19(16)29(25,26)18-11-15(3)9-10-17(18)27-6/h9-11,16,19,21H,7-8,12-14H2,1-6H3/t16-,19-/m0/s1. The third kappa shape index (κ3) is 5.31. The van der Waals surface area contributed by atoms with Crippen LogP contribution in [0.15, 0.2) is 23.1 Å². The fourth-order valence-electron chi connectivity index (χ4n) is 4.05. The Morgan fingerprint density at radius 1 is 1.21 bits per heavy atom. The van der Waals surface area contributed by atoms with Crippen LogP contribution >= 0.6 is 0 Å². The number of hydrogen-bond acceptors (Lipinski definition) is 7. The Hall–Kier alpha value is -1.16. The van der Waals surface area contributed by atoms with E-state index in [1.807, 2.05) is 0 Å². The molecule has 166 valence electrons. The second-order valence-electron chi connectivity index (χ2n) is 8.29. The van der Waals surface area contributed by atoms with E-state index < -0.39 is 31.0 Å². The molecular formula is C20H34N2O5S2. The van der Waals surface area contributed by atoms with Crippen molar-refractivity contribution in [1.29, 1.82) is 0 Å². The molecule has 1 fully saturated rings. The lowest BCUT2D eigenvalue weighted by atomic mass is 10.0. The van der Waals surface area contributed by atoms with Crippen LogP contribution in [0.25, 0.3) is 0 Å². The summed E-state index contributed by atoms with van der Waals surface area (Å²) < 4.78 is 56.9. The molecule has 0 aliphatic carbocycles.